The number of halogens is 1. The molecule has 1 aliphatic carbocycles. The molecule has 1 aromatic rings. The number of allylic oxidation sites excluding steroid dienone is 3. The summed E-state index contributed by atoms with van der Waals surface area (Å²) in [6, 6.07) is 3.20. The Labute approximate surface area is 390 Å². The van der Waals surface area contributed by atoms with Crippen LogP contribution in [0.1, 0.15) is 84.6 Å². The summed E-state index contributed by atoms with van der Waals surface area (Å²) in [4.78, 5) is 96.0. The number of nitrogens with one attached hydrogen (secondary N) is 1. The Morgan fingerprint density at radius 1 is 1.06 bits per heavy atom. The topological polar surface area (TPSA) is 191 Å². The van der Waals surface area contributed by atoms with Gasteiger partial charge in [-0.3, -0.25) is 33.7 Å². The van der Waals surface area contributed by atoms with Gasteiger partial charge in [0, 0.05) is 64.6 Å². The number of carbonyl (C=O) groups excluding carboxylic acids is 7. The number of esters is 1. The quantitative estimate of drug-likeness (QED) is 0.158. The first-order valence-corrected chi connectivity index (χ1v) is 23.8. The number of likely N-dealkylation sites (N-methyl/N-ethyl adjacent to an activating group) is 1. The van der Waals surface area contributed by atoms with E-state index in [-0.39, 0.29) is 65.4 Å². The normalized spacial score (nSPS) is 32.1. The summed E-state index contributed by atoms with van der Waals surface area (Å²) in [5.74, 6) is -1.42. The first-order valence-electron chi connectivity index (χ1n) is 22.4. The molecule has 356 valence electrons. The van der Waals surface area contributed by atoms with Gasteiger partial charge in [0.15, 0.2) is 0 Å². The molecular formula is C47H63ClN4O12S. The number of anilines is 1. The van der Waals surface area contributed by atoms with E-state index in [9.17, 15) is 33.6 Å². The van der Waals surface area contributed by atoms with Crippen molar-refractivity contribution in [3.8, 4) is 5.75 Å². The number of nitrogens with zero attached hydrogens (tertiary/aromatic N) is 3. The van der Waals surface area contributed by atoms with E-state index in [2.05, 4.69) is 5.32 Å². The number of rotatable bonds is 12. The van der Waals surface area contributed by atoms with Crippen LogP contribution in [0, 0.1) is 17.8 Å². The van der Waals surface area contributed by atoms with Crippen LogP contribution in [0.3, 0.4) is 0 Å². The number of hydrogen-bond donors (Lipinski definition) is 1. The van der Waals surface area contributed by atoms with Crippen LogP contribution in [0.2, 0.25) is 5.02 Å². The van der Waals surface area contributed by atoms with Crippen molar-refractivity contribution in [1.29, 1.82) is 0 Å². The number of methoxy groups -OCH3 is 2. The van der Waals surface area contributed by atoms with Gasteiger partial charge < -0.3 is 38.8 Å². The number of Topliss-reactive ketones (excluding diaryl/α,β-unsaturated/α-hetero) is 1. The van der Waals surface area contributed by atoms with Crippen LogP contribution in [0.4, 0.5) is 10.5 Å². The molecule has 4 aliphatic heterocycles. The zero-order valence-electron chi connectivity index (χ0n) is 38.6. The van der Waals surface area contributed by atoms with Crippen molar-refractivity contribution in [3.63, 3.8) is 0 Å². The smallest absolute Gasteiger partial charge is 0.407 e. The summed E-state index contributed by atoms with van der Waals surface area (Å²) in [6.07, 6.45) is 6.08. The number of hydrogen-bond acceptors (Lipinski definition) is 13. The third kappa shape index (κ3) is 11.9. The lowest BCUT2D eigenvalue weighted by Gasteiger charge is -2.36. The SMILES string of the molecule is COc1cc2cc(c1Cl)N(C)C(=O)C[C@H](OC(=O)CN(C)C(=O)CCS[C@H]1CC(=O)N(CC3CCC(C(C)=O)CC3)C1=O)[C@]1(C)O[C@H]1[C@H](C)[C@@H]1CC(NC(=O)O1)[C@H](OC)/C=C/C=C(\C)C2. The molecule has 0 spiro atoms. The molecule has 0 radical (unpaired) electrons. The van der Waals surface area contributed by atoms with Gasteiger partial charge in [-0.15, -0.1) is 11.8 Å². The maximum Gasteiger partial charge on any atom is 0.407 e. The lowest BCUT2D eigenvalue weighted by molar-refractivity contribution is -0.157. The molecule has 4 bridgehead atoms. The van der Waals surface area contributed by atoms with Crippen molar-refractivity contribution in [2.24, 2.45) is 17.8 Å². The Morgan fingerprint density at radius 3 is 2.46 bits per heavy atom. The molecular weight excluding hydrogens is 880 g/mol. The summed E-state index contributed by atoms with van der Waals surface area (Å²) < 4.78 is 29.6. The van der Waals surface area contributed by atoms with Crippen LogP contribution in [0.5, 0.6) is 5.75 Å². The van der Waals surface area contributed by atoms with Gasteiger partial charge in [0.05, 0.1) is 42.7 Å². The summed E-state index contributed by atoms with van der Waals surface area (Å²) in [5.41, 5.74) is 1.03. The summed E-state index contributed by atoms with van der Waals surface area (Å²) in [6.45, 7) is 7.12. The minimum absolute atomic E-state index is 0.00286. The molecule has 5 aliphatic rings. The molecule has 1 N–H and O–H groups in total. The Morgan fingerprint density at radius 2 is 1.78 bits per heavy atom. The van der Waals surface area contributed by atoms with Crippen LogP contribution in [0.15, 0.2) is 35.9 Å². The zero-order chi connectivity index (χ0) is 47.3. The Balaban J connectivity index is 1.13. The lowest BCUT2D eigenvalue weighted by Crippen LogP contribution is -2.53. The molecule has 65 heavy (non-hydrogen) atoms. The second-order valence-corrected chi connectivity index (χ2v) is 20.0. The van der Waals surface area contributed by atoms with E-state index in [1.165, 1.54) is 40.6 Å². The largest absolute Gasteiger partial charge is 0.495 e. The van der Waals surface area contributed by atoms with E-state index in [0.29, 0.717) is 30.8 Å². The monoisotopic (exact) mass is 942 g/mol. The van der Waals surface area contributed by atoms with Gasteiger partial charge >= 0.3 is 12.1 Å². The fourth-order valence-corrected chi connectivity index (χ4v) is 10.9. The molecule has 5 amide bonds. The number of likely N-dealkylation sites (tertiary alicyclic amines) is 1. The van der Waals surface area contributed by atoms with Gasteiger partial charge in [-0.25, -0.2) is 4.79 Å². The number of fused-ring (bicyclic) bond motifs is 5. The highest BCUT2D eigenvalue weighted by Crippen LogP contribution is 2.49. The van der Waals surface area contributed by atoms with E-state index in [0.717, 1.165) is 36.8 Å². The second-order valence-electron chi connectivity index (χ2n) is 18.3. The maximum absolute atomic E-state index is 14.2. The van der Waals surface area contributed by atoms with Crippen LogP contribution in [-0.2, 0) is 54.1 Å². The predicted octanol–water partition coefficient (Wildman–Crippen LogP) is 5.45. The second kappa shape index (κ2) is 21.5. The molecule has 16 nitrogen and oxygen atoms in total. The molecule has 0 aromatic heterocycles. The first-order chi connectivity index (χ1) is 30.8. The summed E-state index contributed by atoms with van der Waals surface area (Å²) in [5, 5.41) is 2.50. The highest BCUT2D eigenvalue weighted by atomic mass is 35.5. The van der Waals surface area contributed by atoms with Crippen molar-refractivity contribution in [1.82, 2.24) is 15.1 Å². The number of alkyl carbamates (subject to hydrolysis) is 1. The number of epoxide rings is 1. The summed E-state index contributed by atoms with van der Waals surface area (Å²) >= 11 is 8.04. The van der Waals surface area contributed by atoms with Crippen molar-refractivity contribution < 1.29 is 57.2 Å². The van der Waals surface area contributed by atoms with E-state index < -0.39 is 71.7 Å². The number of amides is 5. The van der Waals surface area contributed by atoms with Crippen molar-refractivity contribution in [2.45, 2.75) is 127 Å². The fourth-order valence-electron chi connectivity index (χ4n) is 9.49. The van der Waals surface area contributed by atoms with E-state index in [1.54, 1.807) is 28.0 Å². The number of carbonyl (C=O) groups is 7. The van der Waals surface area contributed by atoms with Gasteiger partial charge in [-0.2, -0.15) is 0 Å². The van der Waals surface area contributed by atoms with E-state index in [4.69, 9.17) is 35.3 Å². The lowest BCUT2D eigenvalue weighted by atomic mass is 9.80. The molecule has 18 heteroatoms. The predicted molar refractivity (Wildman–Crippen MR) is 244 cm³/mol. The molecule has 1 aromatic carbocycles. The third-order valence-electron chi connectivity index (χ3n) is 13.6. The first kappa shape index (κ1) is 50.0. The maximum atomic E-state index is 14.2. The number of benzene rings is 1. The number of ether oxygens (including phenoxy) is 5. The molecule has 4 fully saturated rings. The average Bonchev–Trinajstić information content (AvgIpc) is 3.90. The van der Waals surface area contributed by atoms with Gasteiger partial charge in [-0.05, 0) is 76.5 Å². The van der Waals surface area contributed by atoms with Crippen molar-refractivity contribution in [3.05, 3.63) is 46.5 Å². The van der Waals surface area contributed by atoms with Crippen LogP contribution < -0.4 is 15.0 Å². The van der Waals surface area contributed by atoms with Gasteiger partial charge in [0.1, 0.15) is 40.9 Å². The third-order valence-corrected chi connectivity index (χ3v) is 15.2. The average molecular weight is 944 g/mol. The van der Waals surface area contributed by atoms with E-state index in [1.807, 2.05) is 44.2 Å². The number of ketones is 1. The summed E-state index contributed by atoms with van der Waals surface area (Å²) in [7, 11) is 6.11. The molecule has 4 heterocycles. The van der Waals surface area contributed by atoms with Crippen LogP contribution in [-0.4, -0.2) is 140 Å². The standard InChI is InChI=1S/C47H63ClN4O12S/c1-26-10-9-11-34(60-7)32-21-35(62-46(59)49-32)27(2)44-47(4,64-44)38(23-40(55)51(6)33-19-30(18-26)20-36(61-8)43(33)48)63-42(57)25-50(5)39(54)16-17-65-37-22-41(56)52(45(37)58)24-29-12-14-31(15-13-29)28(3)53/h9-11,19-20,27,29,31-32,34-35,37-38,44H,12-18,21-25H2,1-8H3,(H,49,59)/b11-9+,26-10+/t27-,29?,31?,32?,34-,35+,37+,38+,44+,47+/m1/s1. The Bertz CT molecular complexity index is 2070. The Hall–Kier alpha value is -4.45. The molecule has 1 unspecified atom stereocenters. The van der Waals surface area contributed by atoms with E-state index >= 15 is 0 Å². The van der Waals surface area contributed by atoms with Gasteiger partial charge in [0.25, 0.3) is 0 Å². The molecule has 1 saturated carbocycles. The zero-order valence-corrected chi connectivity index (χ0v) is 40.2. The van der Waals surface area contributed by atoms with Crippen LogP contribution >= 0.6 is 23.4 Å². The van der Waals surface area contributed by atoms with Crippen molar-refractivity contribution >= 4 is 70.5 Å². The fraction of sp³-hybridized carbons (Fsp3) is 0.638. The number of imide groups is 1. The Kier molecular flexibility index (Phi) is 16.5. The number of thioether (sulfide) groups is 1. The van der Waals surface area contributed by atoms with Crippen molar-refractivity contribution in [2.75, 3.05) is 52.1 Å². The van der Waals surface area contributed by atoms with Gasteiger partial charge in [-0.1, -0.05) is 42.3 Å². The molecule has 3 saturated heterocycles. The highest BCUT2D eigenvalue weighted by molar-refractivity contribution is 8.00. The molecule has 6 rings (SSSR count). The molecule has 8 atom stereocenters. The van der Waals surface area contributed by atoms with Gasteiger partial charge in [0.2, 0.25) is 23.6 Å². The highest BCUT2D eigenvalue weighted by Gasteiger charge is 2.64. The van der Waals surface area contributed by atoms with Crippen LogP contribution in [0.25, 0.3) is 0 Å². The minimum Gasteiger partial charge on any atom is -0.495 e. The minimum atomic E-state index is -1.18.